The highest BCUT2D eigenvalue weighted by molar-refractivity contribution is 5.88. The third-order valence-corrected chi connectivity index (χ3v) is 6.35. The summed E-state index contributed by atoms with van der Waals surface area (Å²) in [5.41, 5.74) is 1.33. The number of fused-ring (bicyclic) bond motifs is 1. The average Bonchev–Trinajstić information content (AvgIpc) is 2.73. The number of carbonyl (C=O) groups is 1. The molecule has 15 heavy (non-hydrogen) atoms. The second-order valence-corrected chi connectivity index (χ2v) is 6.95. The van der Waals surface area contributed by atoms with Crippen LogP contribution in [0.15, 0.2) is 0 Å². The minimum absolute atomic E-state index is 0.435. The van der Waals surface area contributed by atoms with Gasteiger partial charge in [0.15, 0.2) is 0 Å². The normalized spacial score (nSPS) is 51.9. The minimum atomic E-state index is 0.435. The van der Waals surface area contributed by atoms with Crippen molar-refractivity contribution in [3.05, 3.63) is 0 Å². The van der Waals surface area contributed by atoms with Crippen LogP contribution < -0.4 is 0 Å². The maximum atomic E-state index is 11.7. The summed E-state index contributed by atoms with van der Waals surface area (Å²) in [6, 6.07) is 0. The molecule has 0 bridgehead atoms. The Morgan fingerprint density at radius 3 is 2.27 bits per heavy atom. The van der Waals surface area contributed by atoms with Gasteiger partial charge >= 0.3 is 0 Å². The second-order valence-electron chi connectivity index (χ2n) is 6.95. The lowest BCUT2D eigenvalue weighted by atomic mass is 9.59. The van der Waals surface area contributed by atoms with Gasteiger partial charge < -0.3 is 0 Å². The molecule has 3 fully saturated rings. The van der Waals surface area contributed by atoms with Crippen molar-refractivity contribution in [1.29, 1.82) is 0 Å². The summed E-state index contributed by atoms with van der Waals surface area (Å²) >= 11 is 0. The highest BCUT2D eigenvalue weighted by Gasteiger charge is 2.73. The van der Waals surface area contributed by atoms with Gasteiger partial charge in [0.05, 0.1) is 0 Å². The van der Waals surface area contributed by atoms with Crippen molar-refractivity contribution >= 4 is 5.78 Å². The highest BCUT2D eigenvalue weighted by Crippen LogP contribution is 2.77. The highest BCUT2D eigenvalue weighted by atomic mass is 16.1. The molecule has 1 heteroatoms. The third-order valence-electron chi connectivity index (χ3n) is 6.35. The zero-order valence-corrected chi connectivity index (χ0v) is 10.2. The van der Waals surface area contributed by atoms with Crippen LogP contribution in [0.1, 0.15) is 59.3 Å². The summed E-state index contributed by atoms with van der Waals surface area (Å²) in [4.78, 5) is 11.7. The van der Waals surface area contributed by atoms with Gasteiger partial charge in [-0.1, -0.05) is 27.2 Å². The number of hydrogen-bond donors (Lipinski definition) is 0. The number of Topliss-reactive ketones (excluding diaryl/α,β-unsaturated/α-hetero) is 1. The molecule has 1 nitrogen and oxygen atoms in total. The lowest BCUT2D eigenvalue weighted by molar-refractivity contribution is -0.119. The maximum absolute atomic E-state index is 11.7. The zero-order valence-electron chi connectivity index (χ0n) is 10.2. The molecule has 0 aliphatic heterocycles. The largest absolute Gasteiger partial charge is 0.299 e. The van der Waals surface area contributed by atoms with Gasteiger partial charge in [-0.05, 0) is 41.9 Å². The van der Waals surface area contributed by atoms with Gasteiger partial charge in [0.1, 0.15) is 5.78 Å². The van der Waals surface area contributed by atoms with Crippen LogP contribution in [0.3, 0.4) is 0 Å². The molecule has 3 aliphatic rings. The van der Waals surface area contributed by atoms with Crippen LogP contribution in [0, 0.1) is 22.2 Å². The van der Waals surface area contributed by atoms with E-state index in [0.717, 1.165) is 6.42 Å². The predicted octanol–water partition coefficient (Wildman–Crippen LogP) is 3.57. The molecule has 0 N–H and O–H groups in total. The second kappa shape index (κ2) is 2.49. The Morgan fingerprint density at radius 1 is 1.13 bits per heavy atom. The van der Waals surface area contributed by atoms with Crippen molar-refractivity contribution in [2.45, 2.75) is 59.3 Å². The molecule has 0 heterocycles. The third kappa shape index (κ3) is 0.933. The molecule has 3 aliphatic carbocycles. The lowest BCUT2D eigenvalue weighted by Crippen LogP contribution is -2.38. The number of ketones is 1. The van der Waals surface area contributed by atoms with Crippen LogP contribution in [0.25, 0.3) is 0 Å². The van der Waals surface area contributed by atoms with E-state index < -0.39 is 0 Å². The van der Waals surface area contributed by atoms with E-state index in [4.69, 9.17) is 0 Å². The van der Waals surface area contributed by atoms with Crippen molar-refractivity contribution in [2.75, 3.05) is 0 Å². The van der Waals surface area contributed by atoms with Crippen LogP contribution in [0.4, 0.5) is 0 Å². The Kier molecular flexibility index (Phi) is 1.64. The first-order valence-corrected chi connectivity index (χ1v) is 6.46. The molecule has 0 aromatic heterocycles. The molecule has 3 saturated carbocycles. The van der Waals surface area contributed by atoms with E-state index in [0.29, 0.717) is 27.9 Å². The SMILES string of the molecule is CC1(C)CCC[C@@]1(C)[C@]12CCC(=O)[C@H]1C2. The molecule has 0 spiro atoms. The van der Waals surface area contributed by atoms with E-state index in [9.17, 15) is 4.79 Å². The van der Waals surface area contributed by atoms with Crippen molar-refractivity contribution in [3.8, 4) is 0 Å². The predicted molar refractivity (Wildman–Crippen MR) is 60.5 cm³/mol. The summed E-state index contributed by atoms with van der Waals surface area (Å²) in [6.07, 6.45) is 7.35. The minimum Gasteiger partial charge on any atom is -0.299 e. The first-order valence-electron chi connectivity index (χ1n) is 6.46. The molecular formula is C14H22O. The van der Waals surface area contributed by atoms with Crippen molar-refractivity contribution in [2.24, 2.45) is 22.2 Å². The Morgan fingerprint density at radius 2 is 1.87 bits per heavy atom. The fraction of sp³-hybridized carbons (Fsp3) is 0.929. The summed E-state index contributed by atoms with van der Waals surface area (Å²) < 4.78 is 0. The van der Waals surface area contributed by atoms with E-state index in [1.165, 1.54) is 32.1 Å². The van der Waals surface area contributed by atoms with E-state index in [2.05, 4.69) is 20.8 Å². The van der Waals surface area contributed by atoms with E-state index in [1.54, 1.807) is 0 Å². The van der Waals surface area contributed by atoms with Crippen LogP contribution in [-0.4, -0.2) is 5.78 Å². The van der Waals surface area contributed by atoms with Crippen molar-refractivity contribution < 1.29 is 4.79 Å². The zero-order chi connectivity index (χ0) is 10.9. The van der Waals surface area contributed by atoms with Gasteiger partial charge in [-0.15, -0.1) is 0 Å². The molecular weight excluding hydrogens is 184 g/mol. The Hall–Kier alpha value is -0.330. The fourth-order valence-corrected chi connectivity index (χ4v) is 4.83. The maximum Gasteiger partial charge on any atom is 0.136 e. The van der Waals surface area contributed by atoms with Gasteiger partial charge in [0.2, 0.25) is 0 Å². The number of carbonyl (C=O) groups excluding carboxylic acids is 1. The van der Waals surface area contributed by atoms with E-state index >= 15 is 0 Å². The van der Waals surface area contributed by atoms with Crippen LogP contribution in [-0.2, 0) is 4.79 Å². The van der Waals surface area contributed by atoms with Gasteiger partial charge in [-0.2, -0.15) is 0 Å². The average molecular weight is 206 g/mol. The standard InChI is InChI=1S/C14H22O/c1-12(2)6-4-7-13(12,3)14-8-5-11(15)10(14)9-14/h10H,4-9H2,1-3H3/t10-,13-,14+/m1/s1. The van der Waals surface area contributed by atoms with E-state index in [-0.39, 0.29) is 0 Å². The lowest BCUT2D eigenvalue weighted by Gasteiger charge is -2.45. The molecule has 0 amide bonds. The van der Waals surface area contributed by atoms with Crippen LogP contribution >= 0.6 is 0 Å². The monoisotopic (exact) mass is 206 g/mol. The van der Waals surface area contributed by atoms with Crippen LogP contribution in [0.5, 0.6) is 0 Å². The summed E-state index contributed by atoms with van der Waals surface area (Å²) in [6.45, 7) is 7.32. The quantitative estimate of drug-likeness (QED) is 0.641. The van der Waals surface area contributed by atoms with Gasteiger partial charge in [-0.3, -0.25) is 4.79 Å². The molecule has 0 aromatic carbocycles. The first-order chi connectivity index (χ1) is 6.93. The topological polar surface area (TPSA) is 17.1 Å². The summed E-state index contributed by atoms with van der Waals surface area (Å²) in [5.74, 6) is 1.03. The van der Waals surface area contributed by atoms with Crippen molar-refractivity contribution in [3.63, 3.8) is 0 Å². The molecule has 0 aromatic rings. The number of hydrogen-bond acceptors (Lipinski definition) is 1. The van der Waals surface area contributed by atoms with E-state index in [1.807, 2.05) is 0 Å². The van der Waals surface area contributed by atoms with Crippen LogP contribution in [0.2, 0.25) is 0 Å². The molecule has 84 valence electrons. The summed E-state index contributed by atoms with van der Waals surface area (Å²) in [5, 5.41) is 0. The van der Waals surface area contributed by atoms with Gasteiger partial charge in [0.25, 0.3) is 0 Å². The first kappa shape index (κ1) is 9.86. The molecule has 3 atom stereocenters. The molecule has 0 saturated heterocycles. The fourth-order valence-electron chi connectivity index (χ4n) is 4.83. The van der Waals surface area contributed by atoms with Gasteiger partial charge in [-0.25, -0.2) is 0 Å². The Balaban J connectivity index is 1.98. The Bertz CT molecular complexity index is 330. The number of rotatable bonds is 1. The molecule has 3 rings (SSSR count). The molecule has 0 unspecified atom stereocenters. The van der Waals surface area contributed by atoms with Crippen molar-refractivity contribution in [1.82, 2.24) is 0 Å². The summed E-state index contributed by atoms with van der Waals surface area (Å²) in [7, 11) is 0. The van der Waals surface area contributed by atoms with Gasteiger partial charge in [0, 0.05) is 12.3 Å². The smallest absolute Gasteiger partial charge is 0.136 e. The molecule has 0 radical (unpaired) electrons. The Labute approximate surface area is 92.6 Å².